The third-order valence-corrected chi connectivity index (χ3v) is 3.82. The predicted molar refractivity (Wildman–Crippen MR) is 92.3 cm³/mol. The molecule has 1 atom stereocenters. The molecular formula is C19H33NO. The highest BCUT2D eigenvalue weighted by molar-refractivity contribution is 5.41. The Morgan fingerprint density at radius 2 is 1.86 bits per heavy atom. The number of hydrogen-bond donors (Lipinski definition) is 1. The van der Waals surface area contributed by atoms with E-state index in [1.165, 1.54) is 11.1 Å². The van der Waals surface area contributed by atoms with E-state index in [0.29, 0.717) is 12.0 Å². The van der Waals surface area contributed by atoms with E-state index in [4.69, 9.17) is 4.74 Å². The number of aryl methyl sites for hydroxylation is 1. The minimum absolute atomic E-state index is 0.103. The van der Waals surface area contributed by atoms with Gasteiger partial charge in [0, 0.05) is 6.04 Å². The zero-order valence-corrected chi connectivity index (χ0v) is 14.9. The smallest absolute Gasteiger partial charge is 0.123 e. The quantitative estimate of drug-likeness (QED) is 0.786. The van der Waals surface area contributed by atoms with Gasteiger partial charge in [-0.25, -0.2) is 0 Å². The van der Waals surface area contributed by atoms with Crippen molar-refractivity contribution in [1.82, 2.24) is 5.32 Å². The monoisotopic (exact) mass is 291 g/mol. The Morgan fingerprint density at radius 3 is 2.38 bits per heavy atom. The molecule has 1 aromatic carbocycles. The van der Waals surface area contributed by atoms with Gasteiger partial charge in [0.2, 0.25) is 0 Å². The second-order valence-corrected chi connectivity index (χ2v) is 7.37. The van der Waals surface area contributed by atoms with Crippen LogP contribution in [0.5, 0.6) is 5.75 Å². The maximum Gasteiger partial charge on any atom is 0.123 e. The van der Waals surface area contributed by atoms with E-state index in [0.717, 1.165) is 25.3 Å². The molecule has 0 aliphatic carbocycles. The molecule has 21 heavy (non-hydrogen) atoms. The Balaban J connectivity index is 2.82. The third-order valence-electron chi connectivity index (χ3n) is 3.82. The fourth-order valence-electron chi connectivity index (χ4n) is 2.35. The molecule has 1 unspecified atom stereocenters. The molecule has 0 heterocycles. The topological polar surface area (TPSA) is 21.3 Å². The van der Waals surface area contributed by atoms with Crippen LogP contribution in [-0.4, -0.2) is 19.2 Å². The normalized spacial score (nSPS) is 13.5. The van der Waals surface area contributed by atoms with Gasteiger partial charge in [-0.1, -0.05) is 59.2 Å². The lowest BCUT2D eigenvalue weighted by Gasteiger charge is -2.26. The van der Waals surface area contributed by atoms with Gasteiger partial charge >= 0.3 is 0 Å². The first kappa shape index (κ1) is 18.0. The molecule has 0 saturated heterocycles. The number of benzene rings is 1. The van der Waals surface area contributed by atoms with Gasteiger partial charge < -0.3 is 10.1 Å². The van der Waals surface area contributed by atoms with Gasteiger partial charge in [0.25, 0.3) is 0 Å². The second-order valence-electron chi connectivity index (χ2n) is 7.37. The fourth-order valence-corrected chi connectivity index (χ4v) is 2.35. The molecule has 2 heteroatoms. The van der Waals surface area contributed by atoms with Crippen LogP contribution in [0.2, 0.25) is 0 Å². The number of ether oxygens (including phenoxy) is 1. The summed E-state index contributed by atoms with van der Waals surface area (Å²) >= 11 is 0. The average Bonchev–Trinajstić information content (AvgIpc) is 2.38. The van der Waals surface area contributed by atoms with E-state index in [1.807, 2.05) is 0 Å². The van der Waals surface area contributed by atoms with Crippen molar-refractivity contribution in [2.75, 3.05) is 13.2 Å². The van der Waals surface area contributed by atoms with E-state index in [1.54, 1.807) is 0 Å². The van der Waals surface area contributed by atoms with Gasteiger partial charge in [-0.15, -0.1) is 0 Å². The molecule has 0 amide bonds. The lowest BCUT2D eigenvalue weighted by molar-refractivity contribution is 0.226. The molecule has 1 aromatic rings. The Hall–Kier alpha value is -1.02. The van der Waals surface area contributed by atoms with Crippen LogP contribution in [0.3, 0.4) is 0 Å². The van der Waals surface area contributed by atoms with Crippen molar-refractivity contribution in [3.8, 4) is 5.75 Å². The molecule has 0 bridgehead atoms. The average molecular weight is 291 g/mol. The zero-order valence-electron chi connectivity index (χ0n) is 14.9. The summed E-state index contributed by atoms with van der Waals surface area (Å²) < 4.78 is 6.18. The van der Waals surface area contributed by atoms with Crippen LogP contribution in [0.4, 0.5) is 0 Å². The summed E-state index contributed by atoms with van der Waals surface area (Å²) in [7, 11) is 0. The van der Waals surface area contributed by atoms with E-state index < -0.39 is 0 Å². The Morgan fingerprint density at radius 1 is 1.19 bits per heavy atom. The minimum atomic E-state index is 0.103. The number of nitrogens with one attached hydrogen (secondary N) is 1. The van der Waals surface area contributed by atoms with Crippen molar-refractivity contribution in [2.24, 2.45) is 5.92 Å². The summed E-state index contributed by atoms with van der Waals surface area (Å²) in [5, 5.41) is 3.58. The van der Waals surface area contributed by atoms with Gasteiger partial charge in [-0.2, -0.15) is 0 Å². The number of hydrogen-bond acceptors (Lipinski definition) is 2. The molecule has 120 valence electrons. The van der Waals surface area contributed by atoms with Crippen molar-refractivity contribution in [2.45, 2.75) is 66.3 Å². The molecule has 0 fully saturated rings. The molecule has 0 radical (unpaired) electrons. The molecule has 1 rings (SSSR count). The SMILES string of the molecule is CCCNC(COc1ccc(C)cc1C(C)(C)C)C(C)C. The summed E-state index contributed by atoms with van der Waals surface area (Å²) in [6, 6.07) is 6.90. The van der Waals surface area contributed by atoms with Crippen LogP contribution in [0, 0.1) is 12.8 Å². The highest BCUT2D eigenvalue weighted by Crippen LogP contribution is 2.32. The van der Waals surface area contributed by atoms with Gasteiger partial charge in [0.15, 0.2) is 0 Å². The van der Waals surface area contributed by atoms with E-state index in [9.17, 15) is 0 Å². The Kier molecular flexibility index (Phi) is 6.73. The lowest BCUT2D eigenvalue weighted by Crippen LogP contribution is -2.39. The van der Waals surface area contributed by atoms with Gasteiger partial charge in [0.05, 0.1) is 0 Å². The van der Waals surface area contributed by atoms with Gasteiger partial charge in [0.1, 0.15) is 12.4 Å². The molecule has 0 saturated carbocycles. The van der Waals surface area contributed by atoms with Gasteiger partial charge in [-0.3, -0.25) is 0 Å². The first-order valence-corrected chi connectivity index (χ1v) is 8.23. The first-order chi connectivity index (χ1) is 9.75. The standard InChI is InChI=1S/C19H33NO/c1-8-11-20-17(14(2)3)13-21-18-10-9-15(4)12-16(18)19(5,6)7/h9-10,12,14,17,20H,8,11,13H2,1-7H3. The van der Waals surface area contributed by atoms with Crippen molar-refractivity contribution >= 4 is 0 Å². The van der Waals surface area contributed by atoms with Crippen molar-refractivity contribution in [1.29, 1.82) is 0 Å². The lowest BCUT2D eigenvalue weighted by atomic mass is 9.85. The summed E-state index contributed by atoms with van der Waals surface area (Å²) in [4.78, 5) is 0. The molecule has 0 aliphatic heterocycles. The maximum atomic E-state index is 6.18. The minimum Gasteiger partial charge on any atom is -0.492 e. The molecular weight excluding hydrogens is 258 g/mol. The van der Waals surface area contributed by atoms with Gasteiger partial charge in [-0.05, 0) is 42.9 Å². The summed E-state index contributed by atoms with van der Waals surface area (Å²) in [5.41, 5.74) is 2.68. The molecule has 0 spiro atoms. The largest absolute Gasteiger partial charge is 0.492 e. The summed E-state index contributed by atoms with van der Waals surface area (Å²) in [6.07, 6.45) is 1.15. The molecule has 1 N–H and O–H groups in total. The van der Waals surface area contributed by atoms with Crippen LogP contribution < -0.4 is 10.1 Å². The van der Waals surface area contributed by atoms with Crippen LogP contribution in [0.25, 0.3) is 0 Å². The van der Waals surface area contributed by atoms with Crippen molar-refractivity contribution in [3.05, 3.63) is 29.3 Å². The van der Waals surface area contributed by atoms with Crippen molar-refractivity contribution in [3.63, 3.8) is 0 Å². The van der Waals surface area contributed by atoms with Crippen LogP contribution in [0.15, 0.2) is 18.2 Å². The highest BCUT2D eigenvalue weighted by Gasteiger charge is 2.20. The first-order valence-electron chi connectivity index (χ1n) is 8.23. The molecule has 0 aromatic heterocycles. The Bertz CT molecular complexity index is 432. The van der Waals surface area contributed by atoms with Crippen molar-refractivity contribution < 1.29 is 4.74 Å². The summed E-state index contributed by atoms with van der Waals surface area (Å²) in [5.74, 6) is 1.59. The highest BCUT2D eigenvalue weighted by atomic mass is 16.5. The molecule has 0 aliphatic rings. The predicted octanol–water partition coefficient (Wildman–Crippen LogP) is 4.70. The maximum absolute atomic E-state index is 6.18. The second kappa shape index (κ2) is 7.84. The van der Waals surface area contributed by atoms with Crippen LogP contribution >= 0.6 is 0 Å². The molecule has 2 nitrogen and oxygen atoms in total. The van der Waals surface area contributed by atoms with E-state index in [2.05, 4.69) is 72.0 Å². The van der Waals surface area contributed by atoms with Crippen LogP contribution in [-0.2, 0) is 5.41 Å². The van der Waals surface area contributed by atoms with Crippen LogP contribution in [0.1, 0.15) is 59.1 Å². The van der Waals surface area contributed by atoms with E-state index in [-0.39, 0.29) is 5.41 Å². The number of rotatable bonds is 7. The van der Waals surface area contributed by atoms with E-state index >= 15 is 0 Å². The summed E-state index contributed by atoms with van der Waals surface area (Å²) in [6.45, 7) is 17.3. The third kappa shape index (κ3) is 5.70. The fraction of sp³-hybridized carbons (Fsp3) is 0.684. The zero-order chi connectivity index (χ0) is 16.0. The Labute approximate surface area is 131 Å².